The molecule has 1 aromatic rings. The van der Waals surface area contributed by atoms with Crippen LogP contribution in [0.2, 0.25) is 0 Å². The zero-order valence-electron chi connectivity index (χ0n) is 9.27. The van der Waals surface area contributed by atoms with Gasteiger partial charge in [-0.1, -0.05) is 5.10 Å². The molecule has 0 bridgehead atoms. The van der Waals surface area contributed by atoms with E-state index in [2.05, 4.69) is 15.5 Å². The van der Waals surface area contributed by atoms with Crippen LogP contribution in [0.25, 0.3) is 0 Å². The van der Waals surface area contributed by atoms with Crippen molar-refractivity contribution in [2.45, 2.75) is 25.3 Å². The molecule has 2 unspecified atom stereocenters. The van der Waals surface area contributed by atoms with Crippen LogP contribution in [0.3, 0.4) is 0 Å². The predicted molar refractivity (Wildman–Crippen MR) is 61.4 cm³/mol. The number of nitrogens with zero attached hydrogens (tertiary/aromatic N) is 2. The maximum absolute atomic E-state index is 11.0. The highest BCUT2D eigenvalue weighted by molar-refractivity contribution is 7.90. The Labute approximate surface area is 99.3 Å². The average Bonchev–Trinajstić information content (AvgIpc) is 2.48. The summed E-state index contributed by atoms with van der Waals surface area (Å²) in [7, 11) is -3.03. The van der Waals surface area contributed by atoms with E-state index in [0.717, 1.165) is 0 Å². The lowest BCUT2D eigenvalue weighted by molar-refractivity contribution is 0.502. The molecular weight excluding hydrogens is 254 g/mol. The second-order valence-corrected chi connectivity index (χ2v) is 6.54. The summed E-state index contributed by atoms with van der Waals surface area (Å²) in [6, 6.07) is -0.118. The van der Waals surface area contributed by atoms with Gasteiger partial charge in [0.05, 0.1) is 5.75 Å². The Bertz CT molecular complexity index is 443. The first-order chi connectivity index (χ1) is 7.28. The standard InChI is InChI=1S/C8H14ClN3O3S/c1-5(4-16(3,13)14)10-8-12-11-7(15-8)6(2)9/h5-6H,4H2,1-3H3,(H,10,12). The third kappa shape index (κ3) is 4.36. The predicted octanol–water partition coefficient (Wildman–Crippen LogP) is 1.21. The molecule has 0 radical (unpaired) electrons. The number of anilines is 1. The van der Waals surface area contributed by atoms with Crippen molar-refractivity contribution in [3.8, 4) is 0 Å². The summed E-state index contributed by atoms with van der Waals surface area (Å²) in [4.78, 5) is 0. The molecule has 8 heteroatoms. The van der Waals surface area contributed by atoms with Gasteiger partial charge in [-0.2, -0.15) is 0 Å². The van der Waals surface area contributed by atoms with E-state index in [4.69, 9.17) is 16.0 Å². The van der Waals surface area contributed by atoms with E-state index in [1.165, 1.54) is 6.26 Å². The second kappa shape index (κ2) is 5.01. The van der Waals surface area contributed by atoms with Crippen molar-refractivity contribution < 1.29 is 12.8 Å². The van der Waals surface area contributed by atoms with Gasteiger partial charge < -0.3 is 9.73 Å². The maximum atomic E-state index is 11.0. The monoisotopic (exact) mass is 267 g/mol. The van der Waals surface area contributed by atoms with Crippen LogP contribution in [0.1, 0.15) is 25.1 Å². The summed E-state index contributed by atoms with van der Waals surface area (Å²) < 4.78 is 27.2. The van der Waals surface area contributed by atoms with Crippen molar-refractivity contribution in [3.63, 3.8) is 0 Å². The van der Waals surface area contributed by atoms with Crippen LogP contribution >= 0.6 is 11.6 Å². The van der Waals surface area contributed by atoms with Gasteiger partial charge in [-0.3, -0.25) is 0 Å². The topological polar surface area (TPSA) is 85.1 Å². The average molecular weight is 268 g/mol. The molecule has 2 atom stereocenters. The maximum Gasteiger partial charge on any atom is 0.315 e. The number of hydrogen-bond donors (Lipinski definition) is 1. The van der Waals surface area contributed by atoms with Crippen molar-refractivity contribution in [1.29, 1.82) is 0 Å². The van der Waals surface area contributed by atoms with Crippen molar-refractivity contribution in [2.24, 2.45) is 0 Å². The molecule has 0 aliphatic rings. The van der Waals surface area contributed by atoms with Gasteiger partial charge in [0.1, 0.15) is 15.2 Å². The molecule has 0 saturated carbocycles. The van der Waals surface area contributed by atoms with Gasteiger partial charge in [0.2, 0.25) is 5.89 Å². The third-order valence-corrected chi connectivity index (χ3v) is 3.00. The summed E-state index contributed by atoms with van der Waals surface area (Å²) in [5.74, 6) is 0.303. The van der Waals surface area contributed by atoms with Gasteiger partial charge in [0, 0.05) is 12.3 Å². The molecule has 6 nitrogen and oxygen atoms in total. The Hall–Kier alpha value is -0.820. The zero-order valence-corrected chi connectivity index (χ0v) is 10.8. The number of sulfone groups is 1. The molecule has 92 valence electrons. The minimum atomic E-state index is -3.03. The Morgan fingerprint density at radius 1 is 1.44 bits per heavy atom. The molecule has 0 saturated heterocycles. The van der Waals surface area contributed by atoms with Crippen LogP contribution in [-0.2, 0) is 9.84 Å². The number of aromatic nitrogens is 2. The summed E-state index contributed by atoms with van der Waals surface area (Å²) in [6.45, 7) is 3.42. The van der Waals surface area contributed by atoms with Crippen molar-refractivity contribution in [2.75, 3.05) is 17.3 Å². The molecule has 0 aromatic carbocycles. The van der Waals surface area contributed by atoms with E-state index in [0.29, 0.717) is 5.89 Å². The molecule has 16 heavy (non-hydrogen) atoms. The largest absolute Gasteiger partial charge is 0.406 e. The molecule has 1 rings (SSSR count). The van der Waals surface area contributed by atoms with Crippen LogP contribution in [0, 0.1) is 0 Å². The van der Waals surface area contributed by atoms with E-state index in [1.54, 1.807) is 13.8 Å². The number of halogens is 1. The van der Waals surface area contributed by atoms with E-state index < -0.39 is 9.84 Å². The van der Waals surface area contributed by atoms with Crippen LogP contribution in [0.4, 0.5) is 6.01 Å². The van der Waals surface area contributed by atoms with Gasteiger partial charge in [-0.25, -0.2) is 8.42 Å². The first kappa shape index (κ1) is 13.2. The highest BCUT2D eigenvalue weighted by atomic mass is 35.5. The van der Waals surface area contributed by atoms with Crippen LogP contribution in [0.15, 0.2) is 4.42 Å². The molecule has 0 aliphatic carbocycles. The fraction of sp³-hybridized carbons (Fsp3) is 0.750. The van der Waals surface area contributed by atoms with Gasteiger partial charge in [-0.15, -0.1) is 16.7 Å². The summed E-state index contributed by atoms with van der Waals surface area (Å²) >= 11 is 5.74. The molecular formula is C8H14ClN3O3S. The van der Waals surface area contributed by atoms with Crippen molar-refractivity contribution in [1.82, 2.24) is 10.2 Å². The number of nitrogens with one attached hydrogen (secondary N) is 1. The number of rotatable bonds is 5. The Kier molecular flexibility index (Phi) is 4.15. The van der Waals surface area contributed by atoms with Crippen molar-refractivity contribution >= 4 is 27.5 Å². The van der Waals surface area contributed by atoms with E-state index in [-0.39, 0.29) is 23.2 Å². The summed E-state index contributed by atoms with van der Waals surface area (Å²) in [5.41, 5.74) is 0. The van der Waals surface area contributed by atoms with Gasteiger partial charge >= 0.3 is 6.01 Å². The number of alkyl halides is 1. The van der Waals surface area contributed by atoms with Gasteiger partial charge in [-0.05, 0) is 13.8 Å². The molecule has 1 aromatic heterocycles. The zero-order chi connectivity index (χ0) is 12.3. The van der Waals surface area contributed by atoms with Crippen LogP contribution in [-0.4, -0.2) is 36.7 Å². The molecule has 0 fully saturated rings. The quantitative estimate of drug-likeness (QED) is 0.808. The Balaban J connectivity index is 2.59. The molecule has 0 aliphatic heterocycles. The lowest BCUT2D eigenvalue weighted by Gasteiger charge is -2.09. The highest BCUT2D eigenvalue weighted by Crippen LogP contribution is 2.19. The van der Waals surface area contributed by atoms with E-state index >= 15 is 0 Å². The first-order valence-corrected chi connectivity index (χ1v) is 7.19. The first-order valence-electron chi connectivity index (χ1n) is 4.69. The summed E-state index contributed by atoms with van der Waals surface area (Å²) in [6.07, 6.45) is 1.17. The van der Waals surface area contributed by atoms with E-state index in [9.17, 15) is 8.42 Å². The fourth-order valence-corrected chi connectivity index (χ4v) is 2.24. The SMILES string of the molecule is CC(CS(C)(=O)=O)Nc1nnc(C(C)Cl)o1. The van der Waals surface area contributed by atoms with Gasteiger partial charge in [0.15, 0.2) is 0 Å². The number of hydrogen-bond acceptors (Lipinski definition) is 6. The Morgan fingerprint density at radius 3 is 2.50 bits per heavy atom. The minimum Gasteiger partial charge on any atom is -0.406 e. The molecule has 0 amide bonds. The lowest BCUT2D eigenvalue weighted by atomic mass is 10.4. The third-order valence-electron chi connectivity index (χ3n) is 1.70. The van der Waals surface area contributed by atoms with Gasteiger partial charge in [0.25, 0.3) is 0 Å². The van der Waals surface area contributed by atoms with Crippen molar-refractivity contribution in [3.05, 3.63) is 5.89 Å². The molecule has 1 N–H and O–H groups in total. The Morgan fingerprint density at radius 2 is 2.06 bits per heavy atom. The highest BCUT2D eigenvalue weighted by Gasteiger charge is 2.15. The fourth-order valence-electron chi connectivity index (χ4n) is 1.16. The lowest BCUT2D eigenvalue weighted by Crippen LogP contribution is -2.25. The van der Waals surface area contributed by atoms with E-state index in [1.807, 2.05) is 0 Å². The van der Waals surface area contributed by atoms with Crippen LogP contribution < -0.4 is 5.32 Å². The second-order valence-electron chi connectivity index (χ2n) is 3.70. The minimum absolute atomic E-state index is 0.00113. The molecule has 1 heterocycles. The van der Waals surface area contributed by atoms with Crippen LogP contribution in [0.5, 0.6) is 0 Å². The summed E-state index contributed by atoms with van der Waals surface area (Å²) in [5, 5.41) is 9.83. The molecule has 0 spiro atoms. The smallest absolute Gasteiger partial charge is 0.315 e. The normalized spacial score (nSPS) is 15.8.